The standard InChI is InChI=1S/C18H23NO2.ClH/c1-21-17-9-5-8-16(14-17)18(20)11-13-19-12-10-15-6-3-2-4-7-15;/h2-9,14,18-20H,10-13H2,1H3;1H. The molecule has 0 saturated heterocycles. The molecular weight excluding hydrogens is 298 g/mol. The number of methoxy groups -OCH3 is 1. The average molecular weight is 322 g/mol. The van der Waals surface area contributed by atoms with Crippen LogP contribution in [-0.4, -0.2) is 25.3 Å². The molecule has 22 heavy (non-hydrogen) atoms. The second-order valence-corrected chi connectivity index (χ2v) is 5.18. The van der Waals surface area contributed by atoms with Crippen molar-refractivity contribution in [1.29, 1.82) is 0 Å². The van der Waals surface area contributed by atoms with E-state index in [-0.39, 0.29) is 12.4 Å². The molecule has 3 N–H and O–H groups in total. The number of rotatable bonds is 8. The zero-order chi connectivity index (χ0) is 14.9. The Labute approximate surface area is 138 Å². The normalized spacial score (nSPS) is 11.5. The molecule has 0 aliphatic rings. The van der Waals surface area contributed by atoms with Crippen molar-refractivity contribution in [3.8, 4) is 5.75 Å². The van der Waals surface area contributed by atoms with Gasteiger partial charge in [-0.05, 0) is 23.3 Å². The Morgan fingerprint density at radius 1 is 1.05 bits per heavy atom. The average Bonchev–Trinajstić information content (AvgIpc) is 2.55. The van der Waals surface area contributed by atoms with Crippen LogP contribution in [0.4, 0.5) is 0 Å². The Hall–Kier alpha value is -1.55. The molecule has 0 aliphatic heterocycles. The lowest BCUT2D eigenvalue weighted by Crippen LogP contribution is -3.00. The van der Waals surface area contributed by atoms with Crippen molar-refractivity contribution >= 4 is 0 Å². The number of hydrogen-bond acceptors (Lipinski definition) is 2. The molecule has 0 aliphatic carbocycles. The molecule has 0 saturated carbocycles. The Morgan fingerprint density at radius 3 is 2.55 bits per heavy atom. The first-order valence-electron chi connectivity index (χ1n) is 7.47. The van der Waals surface area contributed by atoms with Crippen molar-refractivity contribution < 1.29 is 27.6 Å². The third kappa shape index (κ3) is 6.06. The Kier molecular flexibility index (Phi) is 8.60. The number of halogens is 1. The van der Waals surface area contributed by atoms with Gasteiger partial charge in [-0.25, -0.2) is 0 Å². The summed E-state index contributed by atoms with van der Waals surface area (Å²) < 4.78 is 5.18. The van der Waals surface area contributed by atoms with Crippen LogP contribution in [0.2, 0.25) is 0 Å². The van der Waals surface area contributed by atoms with Crippen LogP contribution in [0.5, 0.6) is 5.75 Å². The summed E-state index contributed by atoms with van der Waals surface area (Å²) in [4.78, 5) is 0. The summed E-state index contributed by atoms with van der Waals surface area (Å²) >= 11 is 0. The quantitative estimate of drug-likeness (QED) is 0.608. The molecule has 3 nitrogen and oxygen atoms in total. The summed E-state index contributed by atoms with van der Waals surface area (Å²) in [6, 6.07) is 18.1. The second-order valence-electron chi connectivity index (χ2n) is 5.18. The fourth-order valence-electron chi connectivity index (χ4n) is 2.35. The highest BCUT2D eigenvalue weighted by Gasteiger charge is 2.09. The van der Waals surface area contributed by atoms with E-state index in [1.807, 2.05) is 30.3 Å². The second kappa shape index (κ2) is 10.2. The van der Waals surface area contributed by atoms with E-state index in [9.17, 15) is 5.11 Å². The maximum absolute atomic E-state index is 10.2. The van der Waals surface area contributed by atoms with E-state index < -0.39 is 6.10 Å². The molecule has 4 heteroatoms. The lowest BCUT2D eigenvalue weighted by atomic mass is 10.1. The largest absolute Gasteiger partial charge is 1.00 e. The molecule has 0 bridgehead atoms. The summed E-state index contributed by atoms with van der Waals surface area (Å²) in [5, 5.41) is 12.4. The zero-order valence-electron chi connectivity index (χ0n) is 12.9. The third-order valence-electron chi connectivity index (χ3n) is 3.60. The van der Waals surface area contributed by atoms with Gasteiger partial charge in [0.25, 0.3) is 0 Å². The predicted molar refractivity (Wildman–Crippen MR) is 84.4 cm³/mol. The van der Waals surface area contributed by atoms with E-state index in [2.05, 4.69) is 29.6 Å². The van der Waals surface area contributed by atoms with E-state index in [4.69, 9.17) is 4.74 Å². The van der Waals surface area contributed by atoms with Crippen LogP contribution in [0.1, 0.15) is 23.7 Å². The van der Waals surface area contributed by atoms with Crippen LogP contribution >= 0.6 is 0 Å². The molecule has 0 aromatic heterocycles. The first-order chi connectivity index (χ1) is 10.3. The molecule has 0 radical (unpaired) electrons. The molecule has 0 fully saturated rings. The maximum Gasteiger partial charge on any atom is 0.119 e. The van der Waals surface area contributed by atoms with E-state index in [0.717, 1.165) is 37.2 Å². The van der Waals surface area contributed by atoms with Crippen molar-refractivity contribution in [2.45, 2.75) is 18.9 Å². The van der Waals surface area contributed by atoms with Crippen LogP contribution in [0.15, 0.2) is 54.6 Å². The molecule has 120 valence electrons. The summed E-state index contributed by atoms with van der Waals surface area (Å²) in [5.74, 6) is 0.791. The smallest absolute Gasteiger partial charge is 0.119 e. The fourth-order valence-corrected chi connectivity index (χ4v) is 2.35. The number of ether oxygens (including phenoxy) is 1. The van der Waals surface area contributed by atoms with E-state index in [1.54, 1.807) is 7.11 Å². The molecule has 1 atom stereocenters. The molecule has 0 spiro atoms. The van der Waals surface area contributed by atoms with Gasteiger partial charge in [0.05, 0.1) is 26.3 Å². The first kappa shape index (κ1) is 18.5. The number of aliphatic hydroxyl groups excluding tert-OH is 1. The van der Waals surface area contributed by atoms with Crippen molar-refractivity contribution in [2.75, 3.05) is 20.2 Å². The number of aliphatic hydroxyl groups is 1. The molecular formula is C18H24ClNO2. The summed E-state index contributed by atoms with van der Waals surface area (Å²) in [6.07, 6.45) is 1.39. The highest BCUT2D eigenvalue weighted by atomic mass is 35.5. The van der Waals surface area contributed by atoms with Crippen LogP contribution in [0, 0.1) is 0 Å². The van der Waals surface area contributed by atoms with Crippen LogP contribution in [0.25, 0.3) is 0 Å². The van der Waals surface area contributed by atoms with Crippen LogP contribution in [-0.2, 0) is 6.42 Å². The summed E-state index contributed by atoms with van der Waals surface area (Å²) in [7, 11) is 1.64. The molecule has 0 amide bonds. The van der Waals surface area contributed by atoms with Gasteiger partial charge in [-0.3, -0.25) is 0 Å². The highest BCUT2D eigenvalue weighted by molar-refractivity contribution is 5.29. The van der Waals surface area contributed by atoms with Gasteiger partial charge in [0.15, 0.2) is 0 Å². The topological polar surface area (TPSA) is 46.1 Å². The molecule has 2 aromatic carbocycles. The Balaban J connectivity index is 0.00000242. The Bertz CT molecular complexity index is 534. The van der Waals surface area contributed by atoms with Gasteiger partial charge in [-0.2, -0.15) is 0 Å². The fraction of sp³-hybridized carbons (Fsp3) is 0.333. The van der Waals surface area contributed by atoms with Crippen LogP contribution in [0.3, 0.4) is 0 Å². The lowest BCUT2D eigenvalue weighted by Gasteiger charge is -2.11. The Morgan fingerprint density at radius 2 is 1.82 bits per heavy atom. The monoisotopic (exact) mass is 321 g/mol. The number of nitrogens with two attached hydrogens (primary N) is 1. The van der Waals surface area contributed by atoms with Gasteiger partial charge in [-0.1, -0.05) is 42.5 Å². The van der Waals surface area contributed by atoms with Gasteiger partial charge < -0.3 is 27.6 Å². The summed E-state index contributed by atoms with van der Waals surface area (Å²) in [6.45, 7) is 1.97. The molecule has 1 unspecified atom stereocenters. The number of hydrogen-bond donors (Lipinski definition) is 2. The number of benzene rings is 2. The number of quaternary nitrogens is 1. The van der Waals surface area contributed by atoms with Gasteiger partial charge in [-0.15, -0.1) is 0 Å². The van der Waals surface area contributed by atoms with Gasteiger partial charge >= 0.3 is 0 Å². The minimum atomic E-state index is -0.423. The molecule has 2 rings (SSSR count). The van der Waals surface area contributed by atoms with Crippen molar-refractivity contribution in [2.24, 2.45) is 0 Å². The minimum absolute atomic E-state index is 0. The van der Waals surface area contributed by atoms with Gasteiger partial charge in [0, 0.05) is 12.8 Å². The molecule has 0 heterocycles. The minimum Gasteiger partial charge on any atom is -1.00 e. The van der Waals surface area contributed by atoms with E-state index >= 15 is 0 Å². The first-order valence-corrected chi connectivity index (χ1v) is 7.47. The van der Waals surface area contributed by atoms with Crippen molar-refractivity contribution in [3.63, 3.8) is 0 Å². The van der Waals surface area contributed by atoms with Crippen LogP contribution < -0.4 is 22.5 Å². The van der Waals surface area contributed by atoms with Gasteiger partial charge in [0.1, 0.15) is 5.75 Å². The zero-order valence-corrected chi connectivity index (χ0v) is 13.7. The SMILES string of the molecule is COc1cccc(C(O)CC[NH2+]CCc2ccccc2)c1.[Cl-]. The molecule has 2 aromatic rings. The highest BCUT2D eigenvalue weighted by Crippen LogP contribution is 2.20. The lowest BCUT2D eigenvalue weighted by molar-refractivity contribution is -0.655. The van der Waals surface area contributed by atoms with Crippen molar-refractivity contribution in [3.05, 3.63) is 65.7 Å². The predicted octanol–water partition coefficient (Wildman–Crippen LogP) is -1.07. The maximum atomic E-state index is 10.2. The van der Waals surface area contributed by atoms with E-state index in [0.29, 0.717) is 0 Å². The summed E-state index contributed by atoms with van der Waals surface area (Å²) in [5.41, 5.74) is 2.29. The van der Waals surface area contributed by atoms with Crippen molar-refractivity contribution in [1.82, 2.24) is 0 Å². The van der Waals surface area contributed by atoms with E-state index in [1.165, 1.54) is 5.56 Å². The third-order valence-corrected chi connectivity index (χ3v) is 3.60. The van der Waals surface area contributed by atoms with Gasteiger partial charge in [0.2, 0.25) is 0 Å².